The van der Waals surface area contributed by atoms with Crippen molar-refractivity contribution in [2.45, 2.75) is 32.2 Å². The Morgan fingerprint density at radius 1 is 1.40 bits per heavy atom. The molecule has 1 aromatic heterocycles. The van der Waals surface area contributed by atoms with Crippen LogP contribution < -0.4 is 5.32 Å². The summed E-state index contributed by atoms with van der Waals surface area (Å²) in [5, 5.41) is 15.9. The predicted molar refractivity (Wildman–Crippen MR) is 91.2 cm³/mol. The molecule has 2 rings (SSSR count). The number of halogens is 1. The molecule has 0 aliphatic carbocycles. The molecule has 0 fully saturated rings. The Bertz CT molecular complexity index is 768. The van der Waals surface area contributed by atoms with Gasteiger partial charge in [-0.3, -0.25) is 4.79 Å². The molecule has 0 spiro atoms. The average molecular weight is 345 g/mol. The van der Waals surface area contributed by atoms with Crippen LogP contribution in [0.4, 0.5) is 4.39 Å². The van der Waals surface area contributed by atoms with Crippen molar-refractivity contribution in [2.75, 3.05) is 0 Å². The maximum Gasteiger partial charge on any atom is 0.326 e. The molecule has 6 nitrogen and oxygen atoms in total. The molecular weight excluding hydrogens is 325 g/mol. The zero-order valence-electron chi connectivity index (χ0n) is 13.9. The number of amides is 1. The number of allylic oxidation sites excluding steroid dienone is 1. The first-order valence-electron chi connectivity index (χ1n) is 7.95. The smallest absolute Gasteiger partial charge is 0.326 e. The first kappa shape index (κ1) is 18.4. The Balaban J connectivity index is 2.26. The lowest BCUT2D eigenvalue weighted by molar-refractivity contribution is -0.139. The van der Waals surface area contributed by atoms with Gasteiger partial charge in [0, 0.05) is 0 Å². The molecule has 2 N–H and O–H groups in total. The van der Waals surface area contributed by atoms with Crippen LogP contribution in [0.25, 0.3) is 5.69 Å². The second kappa shape index (κ2) is 8.23. The molecule has 1 atom stereocenters. The van der Waals surface area contributed by atoms with Gasteiger partial charge in [0.25, 0.3) is 5.91 Å². The van der Waals surface area contributed by atoms with E-state index in [0.717, 1.165) is 0 Å². The third kappa shape index (κ3) is 4.32. The summed E-state index contributed by atoms with van der Waals surface area (Å²) in [6, 6.07) is 4.75. The van der Waals surface area contributed by atoms with Gasteiger partial charge in [-0.05, 0) is 43.5 Å². The molecule has 1 aromatic carbocycles. The summed E-state index contributed by atoms with van der Waals surface area (Å²) in [5.74, 6) is -1.96. The minimum absolute atomic E-state index is 0.262. The van der Waals surface area contributed by atoms with Crippen molar-refractivity contribution >= 4 is 11.9 Å². The largest absolute Gasteiger partial charge is 0.480 e. The highest BCUT2D eigenvalue weighted by atomic mass is 19.1. The molecule has 1 amide bonds. The van der Waals surface area contributed by atoms with Crippen molar-refractivity contribution in [3.8, 4) is 5.69 Å². The van der Waals surface area contributed by atoms with Gasteiger partial charge in [0.15, 0.2) is 0 Å². The molecular formula is C18H20FN3O3. The Kier molecular flexibility index (Phi) is 6.05. The third-order valence-corrected chi connectivity index (χ3v) is 3.78. The van der Waals surface area contributed by atoms with Gasteiger partial charge in [0.2, 0.25) is 0 Å². The number of aliphatic carboxylic acids is 1. The lowest BCUT2D eigenvalue weighted by Gasteiger charge is -2.14. The van der Waals surface area contributed by atoms with Crippen LogP contribution in [-0.2, 0) is 11.2 Å². The highest BCUT2D eigenvalue weighted by molar-refractivity contribution is 5.97. The normalized spacial score (nSPS) is 11.8. The van der Waals surface area contributed by atoms with Crippen LogP contribution in [-0.4, -0.2) is 32.8 Å². The second-order valence-electron chi connectivity index (χ2n) is 5.48. The van der Waals surface area contributed by atoms with Gasteiger partial charge >= 0.3 is 5.97 Å². The number of aromatic nitrogens is 2. The standard InChI is InChI=1S/C18H20FN3O3/c1-3-5-6-15(18(24)25)21-17(23)14-11-20-22(16(14)4-2)13-9-7-12(19)8-10-13/h3,7-11,15H,1,4-6H2,2H3,(H,21,23)(H,24,25). The molecule has 0 saturated carbocycles. The van der Waals surface area contributed by atoms with Crippen LogP contribution >= 0.6 is 0 Å². The average Bonchev–Trinajstić information content (AvgIpc) is 3.02. The zero-order chi connectivity index (χ0) is 18.4. The van der Waals surface area contributed by atoms with Gasteiger partial charge in [-0.15, -0.1) is 6.58 Å². The van der Waals surface area contributed by atoms with E-state index in [1.807, 2.05) is 6.92 Å². The highest BCUT2D eigenvalue weighted by Gasteiger charge is 2.23. The maximum atomic E-state index is 13.1. The number of rotatable bonds is 8. The fourth-order valence-electron chi connectivity index (χ4n) is 2.49. The number of carbonyl (C=O) groups is 2. The van der Waals surface area contributed by atoms with Gasteiger partial charge < -0.3 is 10.4 Å². The molecule has 25 heavy (non-hydrogen) atoms. The minimum Gasteiger partial charge on any atom is -0.480 e. The van der Waals surface area contributed by atoms with E-state index in [0.29, 0.717) is 29.8 Å². The summed E-state index contributed by atoms with van der Waals surface area (Å²) in [4.78, 5) is 23.8. The van der Waals surface area contributed by atoms with Crippen LogP contribution in [0.1, 0.15) is 35.8 Å². The number of carbonyl (C=O) groups excluding carboxylic acids is 1. The SMILES string of the molecule is C=CCCC(NC(=O)c1cnn(-c2ccc(F)cc2)c1CC)C(=O)O. The molecule has 1 heterocycles. The third-order valence-electron chi connectivity index (χ3n) is 3.78. The highest BCUT2D eigenvalue weighted by Crippen LogP contribution is 2.17. The Morgan fingerprint density at radius 3 is 2.64 bits per heavy atom. The Morgan fingerprint density at radius 2 is 2.08 bits per heavy atom. The van der Waals surface area contributed by atoms with Gasteiger partial charge in [-0.1, -0.05) is 13.0 Å². The monoisotopic (exact) mass is 345 g/mol. The van der Waals surface area contributed by atoms with Gasteiger partial charge in [-0.2, -0.15) is 5.10 Å². The zero-order valence-corrected chi connectivity index (χ0v) is 13.9. The maximum absolute atomic E-state index is 13.1. The van der Waals surface area contributed by atoms with Crippen molar-refractivity contribution < 1.29 is 19.1 Å². The number of carboxylic acids is 1. The summed E-state index contributed by atoms with van der Waals surface area (Å²) in [5.41, 5.74) is 1.55. The van der Waals surface area contributed by atoms with E-state index in [9.17, 15) is 19.1 Å². The molecule has 7 heteroatoms. The lowest BCUT2D eigenvalue weighted by Crippen LogP contribution is -2.40. The number of carboxylic acid groups (broad SMARTS) is 1. The van der Waals surface area contributed by atoms with Crippen molar-refractivity contribution in [3.05, 3.63) is 60.2 Å². The molecule has 0 aliphatic rings. The fraction of sp³-hybridized carbons (Fsp3) is 0.278. The molecule has 132 valence electrons. The van der Waals surface area contributed by atoms with Crippen molar-refractivity contribution in [3.63, 3.8) is 0 Å². The number of hydrogen-bond donors (Lipinski definition) is 2. The molecule has 0 aliphatic heterocycles. The number of hydrogen-bond acceptors (Lipinski definition) is 3. The number of benzene rings is 1. The quantitative estimate of drug-likeness (QED) is 0.721. The van der Waals surface area contributed by atoms with Crippen molar-refractivity contribution in [1.82, 2.24) is 15.1 Å². The number of nitrogens with one attached hydrogen (secondary N) is 1. The van der Waals surface area contributed by atoms with Crippen molar-refractivity contribution in [1.29, 1.82) is 0 Å². The summed E-state index contributed by atoms with van der Waals surface area (Å²) >= 11 is 0. The van der Waals surface area contributed by atoms with Crippen LogP contribution in [0.3, 0.4) is 0 Å². The lowest BCUT2D eigenvalue weighted by atomic mass is 10.1. The fourth-order valence-corrected chi connectivity index (χ4v) is 2.49. The predicted octanol–water partition coefficient (Wildman–Crippen LogP) is 2.72. The second-order valence-corrected chi connectivity index (χ2v) is 5.48. The van der Waals surface area contributed by atoms with Crippen LogP contribution in [0.2, 0.25) is 0 Å². The van der Waals surface area contributed by atoms with Crippen LogP contribution in [0.15, 0.2) is 43.1 Å². The van der Waals surface area contributed by atoms with E-state index in [4.69, 9.17) is 0 Å². The van der Waals surface area contributed by atoms with E-state index in [2.05, 4.69) is 17.0 Å². The van der Waals surface area contributed by atoms with Crippen LogP contribution in [0, 0.1) is 5.82 Å². The van der Waals surface area contributed by atoms with Crippen molar-refractivity contribution in [2.24, 2.45) is 0 Å². The summed E-state index contributed by atoms with van der Waals surface area (Å²) in [6.45, 7) is 5.42. The van der Waals surface area contributed by atoms with E-state index < -0.39 is 17.9 Å². The van der Waals surface area contributed by atoms with E-state index in [-0.39, 0.29) is 12.2 Å². The van der Waals surface area contributed by atoms with Gasteiger partial charge in [0.05, 0.1) is 23.1 Å². The Labute approximate surface area is 145 Å². The minimum atomic E-state index is -1.10. The first-order chi connectivity index (χ1) is 12.0. The molecule has 0 bridgehead atoms. The van der Waals surface area contributed by atoms with E-state index >= 15 is 0 Å². The summed E-state index contributed by atoms with van der Waals surface area (Å²) in [6.07, 6.45) is 4.24. The first-order valence-corrected chi connectivity index (χ1v) is 7.95. The summed E-state index contributed by atoms with van der Waals surface area (Å²) in [7, 11) is 0. The van der Waals surface area contributed by atoms with Gasteiger partial charge in [0.1, 0.15) is 11.9 Å². The molecule has 1 unspecified atom stereocenters. The topological polar surface area (TPSA) is 84.2 Å². The molecule has 2 aromatic rings. The van der Waals surface area contributed by atoms with E-state index in [1.54, 1.807) is 22.9 Å². The Hall–Kier alpha value is -2.96. The van der Waals surface area contributed by atoms with Gasteiger partial charge in [-0.25, -0.2) is 13.9 Å². The summed E-state index contributed by atoms with van der Waals surface area (Å²) < 4.78 is 14.6. The molecule has 0 saturated heterocycles. The number of nitrogens with zero attached hydrogens (tertiary/aromatic N) is 2. The molecule has 0 radical (unpaired) electrons. The van der Waals surface area contributed by atoms with E-state index in [1.165, 1.54) is 18.3 Å². The van der Waals surface area contributed by atoms with Crippen LogP contribution in [0.5, 0.6) is 0 Å².